The van der Waals surface area contributed by atoms with Crippen LogP contribution in [0.4, 0.5) is 0 Å². The highest BCUT2D eigenvalue weighted by Gasteiger charge is 2.28. The van der Waals surface area contributed by atoms with E-state index in [0.29, 0.717) is 19.7 Å². The van der Waals surface area contributed by atoms with E-state index in [0.717, 1.165) is 25.7 Å². The number of carbonyl (C=O) groups excluding carboxylic acids is 2. The molecule has 1 amide bonds. The second-order valence-electron chi connectivity index (χ2n) is 5.83. The molecule has 6 heteroatoms. The summed E-state index contributed by atoms with van der Waals surface area (Å²) in [6.45, 7) is 3.96. The van der Waals surface area contributed by atoms with Crippen LogP contribution in [0.3, 0.4) is 0 Å². The second kappa shape index (κ2) is 7.75. The third kappa shape index (κ3) is 4.68. The van der Waals surface area contributed by atoms with Crippen LogP contribution in [0, 0.1) is 5.92 Å². The molecule has 1 saturated heterocycles. The lowest BCUT2D eigenvalue weighted by atomic mass is 9.87. The number of esters is 1. The van der Waals surface area contributed by atoms with Gasteiger partial charge in [0.25, 0.3) is 0 Å². The van der Waals surface area contributed by atoms with Crippen molar-refractivity contribution < 1.29 is 23.8 Å². The quantitative estimate of drug-likeness (QED) is 0.724. The predicted octanol–water partition coefficient (Wildman–Crippen LogP) is 0.982. The van der Waals surface area contributed by atoms with Crippen molar-refractivity contribution in [2.24, 2.45) is 5.92 Å². The van der Waals surface area contributed by atoms with Gasteiger partial charge >= 0.3 is 5.97 Å². The second-order valence-corrected chi connectivity index (χ2v) is 5.83. The number of morpholine rings is 1. The number of methoxy groups -OCH3 is 1. The molecule has 0 aromatic heterocycles. The molecule has 6 nitrogen and oxygen atoms in total. The van der Waals surface area contributed by atoms with Crippen molar-refractivity contribution in [3.05, 3.63) is 0 Å². The van der Waals surface area contributed by atoms with E-state index >= 15 is 0 Å². The molecule has 1 aliphatic heterocycles. The first-order chi connectivity index (χ1) is 10.1. The van der Waals surface area contributed by atoms with Gasteiger partial charge in [-0.3, -0.25) is 9.59 Å². The molecule has 2 rings (SSSR count). The number of amides is 1. The van der Waals surface area contributed by atoms with Crippen molar-refractivity contribution in [2.75, 3.05) is 33.4 Å². The lowest BCUT2D eigenvalue weighted by Crippen LogP contribution is -2.46. The molecule has 2 fully saturated rings. The van der Waals surface area contributed by atoms with Gasteiger partial charge in [-0.05, 0) is 32.6 Å². The van der Waals surface area contributed by atoms with Crippen LogP contribution in [0.25, 0.3) is 0 Å². The highest BCUT2D eigenvalue weighted by Crippen LogP contribution is 2.27. The zero-order chi connectivity index (χ0) is 15.2. The standard InChI is InChI=1S/C15H25NO5/c1-11-9-16(7-8-20-11)14(17)10-21-13-5-3-12(4-6-13)15(18)19-2/h11-13H,3-10H2,1-2H3. The van der Waals surface area contributed by atoms with Gasteiger partial charge in [0.15, 0.2) is 0 Å². The molecular formula is C15H25NO5. The first-order valence-electron chi connectivity index (χ1n) is 7.69. The summed E-state index contributed by atoms with van der Waals surface area (Å²) in [5.41, 5.74) is 0. The first kappa shape index (κ1) is 16.2. The number of ether oxygens (including phenoxy) is 3. The Morgan fingerprint density at radius 2 is 1.95 bits per heavy atom. The summed E-state index contributed by atoms with van der Waals surface area (Å²) < 4.78 is 15.9. The third-order valence-electron chi connectivity index (χ3n) is 4.25. The Morgan fingerprint density at radius 3 is 2.57 bits per heavy atom. The van der Waals surface area contributed by atoms with Crippen LogP contribution >= 0.6 is 0 Å². The van der Waals surface area contributed by atoms with Crippen LogP contribution in [-0.4, -0.2) is 62.4 Å². The molecule has 0 spiro atoms. The summed E-state index contributed by atoms with van der Waals surface area (Å²) in [5.74, 6) is -0.113. The molecule has 1 saturated carbocycles. The number of carbonyl (C=O) groups is 2. The molecule has 1 heterocycles. The smallest absolute Gasteiger partial charge is 0.308 e. The molecule has 21 heavy (non-hydrogen) atoms. The number of hydrogen-bond acceptors (Lipinski definition) is 5. The van der Waals surface area contributed by atoms with Crippen molar-refractivity contribution in [1.29, 1.82) is 0 Å². The molecule has 1 unspecified atom stereocenters. The van der Waals surface area contributed by atoms with Gasteiger partial charge in [0, 0.05) is 13.1 Å². The minimum Gasteiger partial charge on any atom is -0.469 e. The van der Waals surface area contributed by atoms with Gasteiger partial charge in [-0.2, -0.15) is 0 Å². The van der Waals surface area contributed by atoms with Gasteiger partial charge in [0.05, 0.1) is 31.8 Å². The van der Waals surface area contributed by atoms with E-state index in [1.165, 1.54) is 7.11 Å². The van der Waals surface area contributed by atoms with E-state index in [-0.39, 0.29) is 36.6 Å². The van der Waals surface area contributed by atoms with Gasteiger partial charge in [-0.15, -0.1) is 0 Å². The maximum atomic E-state index is 12.1. The Kier molecular flexibility index (Phi) is 5.99. The largest absolute Gasteiger partial charge is 0.469 e. The maximum absolute atomic E-state index is 12.1. The average molecular weight is 299 g/mol. The lowest BCUT2D eigenvalue weighted by Gasteiger charge is -2.32. The Morgan fingerprint density at radius 1 is 1.24 bits per heavy atom. The molecule has 120 valence electrons. The molecule has 0 radical (unpaired) electrons. The zero-order valence-electron chi connectivity index (χ0n) is 12.9. The molecule has 0 aromatic carbocycles. The molecule has 1 aliphatic carbocycles. The highest BCUT2D eigenvalue weighted by atomic mass is 16.5. The third-order valence-corrected chi connectivity index (χ3v) is 4.25. The van der Waals surface area contributed by atoms with Crippen LogP contribution in [0.15, 0.2) is 0 Å². The lowest BCUT2D eigenvalue weighted by molar-refractivity contribution is -0.150. The van der Waals surface area contributed by atoms with Gasteiger partial charge in [-0.1, -0.05) is 0 Å². The van der Waals surface area contributed by atoms with Crippen molar-refractivity contribution in [3.63, 3.8) is 0 Å². The Labute approximate surface area is 125 Å². The summed E-state index contributed by atoms with van der Waals surface area (Å²) >= 11 is 0. The fraction of sp³-hybridized carbons (Fsp3) is 0.867. The van der Waals surface area contributed by atoms with Gasteiger partial charge in [0.1, 0.15) is 6.61 Å². The first-order valence-corrected chi connectivity index (χ1v) is 7.69. The van der Waals surface area contributed by atoms with E-state index in [4.69, 9.17) is 14.2 Å². The zero-order valence-corrected chi connectivity index (χ0v) is 12.9. The summed E-state index contributed by atoms with van der Waals surface area (Å²) in [7, 11) is 1.42. The maximum Gasteiger partial charge on any atom is 0.308 e. The summed E-state index contributed by atoms with van der Waals surface area (Å²) in [6, 6.07) is 0. The molecule has 1 atom stereocenters. The Hall–Kier alpha value is -1.14. The fourth-order valence-electron chi connectivity index (χ4n) is 2.96. The van der Waals surface area contributed by atoms with E-state index < -0.39 is 0 Å². The topological polar surface area (TPSA) is 65.1 Å². The molecule has 0 N–H and O–H groups in total. The van der Waals surface area contributed by atoms with Crippen molar-refractivity contribution in [2.45, 2.75) is 44.8 Å². The number of hydrogen-bond donors (Lipinski definition) is 0. The van der Waals surface area contributed by atoms with Crippen LogP contribution in [-0.2, 0) is 23.8 Å². The summed E-state index contributed by atoms with van der Waals surface area (Å²) in [5, 5.41) is 0. The Bertz CT molecular complexity index is 365. The minimum atomic E-state index is -0.133. The van der Waals surface area contributed by atoms with E-state index in [1.807, 2.05) is 6.92 Å². The van der Waals surface area contributed by atoms with Crippen LogP contribution in [0.1, 0.15) is 32.6 Å². The fourth-order valence-corrected chi connectivity index (χ4v) is 2.96. The monoisotopic (exact) mass is 299 g/mol. The van der Waals surface area contributed by atoms with Gasteiger partial charge in [-0.25, -0.2) is 0 Å². The van der Waals surface area contributed by atoms with E-state index in [1.54, 1.807) is 4.90 Å². The van der Waals surface area contributed by atoms with Crippen molar-refractivity contribution in [1.82, 2.24) is 4.90 Å². The summed E-state index contributed by atoms with van der Waals surface area (Å²) in [4.78, 5) is 25.3. The summed E-state index contributed by atoms with van der Waals surface area (Å²) in [6.07, 6.45) is 3.35. The highest BCUT2D eigenvalue weighted by molar-refractivity contribution is 5.77. The van der Waals surface area contributed by atoms with Crippen LogP contribution in [0.2, 0.25) is 0 Å². The molecule has 2 aliphatic rings. The van der Waals surface area contributed by atoms with Crippen LogP contribution < -0.4 is 0 Å². The predicted molar refractivity (Wildman–Crippen MR) is 75.7 cm³/mol. The van der Waals surface area contributed by atoms with Crippen LogP contribution in [0.5, 0.6) is 0 Å². The average Bonchev–Trinajstić information content (AvgIpc) is 2.52. The number of rotatable bonds is 4. The normalized spacial score (nSPS) is 30.0. The van der Waals surface area contributed by atoms with Crippen molar-refractivity contribution in [3.8, 4) is 0 Å². The molecular weight excluding hydrogens is 274 g/mol. The van der Waals surface area contributed by atoms with Gasteiger partial charge in [0.2, 0.25) is 5.91 Å². The minimum absolute atomic E-state index is 0.00866. The molecule has 0 bridgehead atoms. The van der Waals surface area contributed by atoms with E-state index in [2.05, 4.69) is 0 Å². The van der Waals surface area contributed by atoms with Crippen molar-refractivity contribution >= 4 is 11.9 Å². The Balaban J connectivity index is 1.67. The number of nitrogens with zero attached hydrogens (tertiary/aromatic N) is 1. The van der Waals surface area contributed by atoms with Gasteiger partial charge < -0.3 is 19.1 Å². The SMILES string of the molecule is COC(=O)C1CCC(OCC(=O)N2CCOC(C)C2)CC1. The van der Waals surface area contributed by atoms with E-state index in [9.17, 15) is 9.59 Å². The molecule has 0 aromatic rings.